The summed E-state index contributed by atoms with van der Waals surface area (Å²) in [5.74, 6) is 0.0636. The summed E-state index contributed by atoms with van der Waals surface area (Å²) >= 11 is 0. The van der Waals surface area contributed by atoms with Crippen LogP contribution < -0.4 is 0 Å². The van der Waals surface area contributed by atoms with Crippen molar-refractivity contribution in [3.63, 3.8) is 0 Å². The maximum Gasteiger partial charge on any atom is 0.251 e. The van der Waals surface area contributed by atoms with E-state index in [0.29, 0.717) is 26.2 Å². The highest BCUT2D eigenvalue weighted by atomic mass is 16.5. The predicted molar refractivity (Wildman–Crippen MR) is 83.7 cm³/mol. The summed E-state index contributed by atoms with van der Waals surface area (Å²) in [5.41, 5.74) is 0. The van der Waals surface area contributed by atoms with Crippen molar-refractivity contribution in [3.05, 3.63) is 0 Å². The van der Waals surface area contributed by atoms with Gasteiger partial charge in [-0.3, -0.25) is 9.69 Å². The van der Waals surface area contributed by atoms with Crippen LogP contribution >= 0.6 is 0 Å². The van der Waals surface area contributed by atoms with Crippen LogP contribution in [-0.4, -0.2) is 85.1 Å². The Bertz CT molecular complexity index is 339. The SMILES string of the molecule is CCC(O)CN1CCN(C(=O)C(C)OCC2CCCO2)CC1. The zero-order valence-electron chi connectivity index (χ0n) is 13.9. The second-order valence-corrected chi connectivity index (χ2v) is 6.30. The minimum Gasteiger partial charge on any atom is -0.392 e. The number of hydrogen-bond donors (Lipinski definition) is 1. The predicted octanol–water partition coefficient (Wildman–Crippen LogP) is 0.486. The van der Waals surface area contributed by atoms with Crippen molar-refractivity contribution in [1.82, 2.24) is 9.80 Å². The van der Waals surface area contributed by atoms with Crippen LogP contribution in [0.3, 0.4) is 0 Å². The van der Waals surface area contributed by atoms with Crippen LogP contribution in [0, 0.1) is 0 Å². The minimum atomic E-state index is -0.406. The van der Waals surface area contributed by atoms with Gasteiger partial charge in [0.2, 0.25) is 0 Å². The Labute approximate surface area is 133 Å². The third-order valence-electron chi connectivity index (χ3n) is 4.53. The molecule has 2 heterocycles. The maximum absolute atomic E-state index is 12.4. The Morgan fingerprint density at radius 3 is 2.68 bits per heavy atom. The fourth-order valence-electron chi connectivity index (χ4n) is 2.93. The van der Waals surface area contributed by atoms with Gasteiger partial charge < -0.3 is 19.5 Å². The molecule has 6 nitrogen and oxygen atoms in total. The van der Waals surface area contributed by atoms with Crippen LogP contribution in [-0.2, 0) is 14.3 Å². The molecule has 128 valence electrons. The number of aliphatic hydroxyl groups is 1. The quantitative estimate of drug-likeness (QED) is 0.741. The summed E-state index contributed by atoms with van der Waals surface area (Å²) in [7, 11) is 0. The van der Waals surface area contributed by atoms with E-state index in [4.69, 9.17) is 9.47 Å². The molecule has 2 saturated heterocycles. The largest absolute Gasteiger partial charge is 0.392 e. The molecule has 0 aromatic carbocycles. The van der Waals surface area contributed by atoms with Gasteiger partial charge in [0.05, 0.1) is 18.8 Å². The standard InChI is InChI=1S/C16H30N2O4/c1-3-14(19)11-17-6-8-18(9-7-17)16(20)13(2)22-12-15-5-4-10-21-15/h13-15,19H,3-12H2,1-2H3. The Hall–Kier alpha value is -0.690. The van der Waals surface area contributed by atoms with Crippen molar-refractivity contribution >= 4 is 5.91 Å². The van der Waals surface area contributed by atoms with Crippen molar-refractivity contribution in [3.8, 4) is 0 Å². The van der Waals surface area contributed by atoms with Gasteiger partial charge in [-0.05, 0) is 26.2 Å². The van der Waals surface area contributed by atoms with Crippen LogP contribution in [0.5, 0.6) is 0 Å². The molecule has 0 aromatic heterocycles. The van der Waals surface area contributed by atoms with E-state index in [9.17, 15) is 9.90 Å². The monoisotopic (exact) mass is 314 g/mol. The van der Waals surface area contributed by atoms with Gasteiger partial charge in [-0.25, -0.2) is 0 Å². The Morgan fingerprint density at radius 1 is 1.36 bits per heavy atom. The lowest BCUT2D eigenvalue weighted by Gasteiger charge is -2.36. The topological polar surface area (TPSA) is 62.2 Å². The van der Waals surface area contributed by atoms with Gasteiger partial charge >= 0.3 is 0 Å². The summed E-state index contributed by atoms with van der Waals surface area (Å²) < 4.78 is 11.2. The molecule has 2 aliphatic heterocycles. The summed E-state index contributed by atoms with van der Waals surface area (Å²) in [6.45, 7) is 8.89. The highest BCUT2D eigenvalue weighted by molar-refractivity contribution is 5.80. The first-order valence-corrected chi connectivity index (χ1v) is 8.52. The van der Waals surface area contributed by atoms with Crippen molar-refractivity contribution in [1.29, 1.82) is 0 Å². The fourth-order valence-corrected chi connectivity index (χ4v) is 2.93. The van der Waals surface area contributed by atoms with Crippen LogP contribution in [0.2, 0.25) is 0 Å². The molecule has 22 heavy (non-hydrogen) atoms. The zero-order chi connectivity index (χ0) is 15.9. The number of amides is 1. The molecule has 3 atom stereocenters. The first-order valence-electron chi connectivity index (χ1n) is 8.52. The van der Waals surface area contributed by atoms with E-state index >= 15 is 0 Å². The number of β-amino-alcohol motifs (C(OH)–C–C–N with tert-alkyl or cyclic N) is 1. The normalized spacial score (nSPS) is 26.1. The summed E-state index contributed by atoms with van der Waals surface area (Å²) in [6.07, 6.45) is 2.37. The fraction of sp³-hybridized carbons (Fsp3) is 0.938. The number of piperazine rings is 1. The highest BCUT2D eigenvalue weighted by Crippen LogP contribution is 2.14. The third kappa shape index (κ3) is 5.19. The number of nitrogens with zero attached hydrogens (tertiary/aromatic N) is 2. The van der Waals surface area contributed by atoms with Crippen LogP contribution in [0.4, 0.5) is 0 Å². The van der Waals surface area contributed by atoms with Gasteiger partial charge in [-0.15, -0.1) is 0 Å². The number of hydrogen-bond acceptors (Lipinski definition) is 5. The molecule has 2 aliphatic rings. The zero-order valence-corrected chi connectivity index (χ0v) is 13.9. The Kier molecular flexibility index (Phi) is 7.08. The average molecular weight is 314 g/mol. The van der Waals surface area contributed by atoms with Gasteiger partial charge in [-0.1, -0.05) is 6.92 Å². The molecular weight excluding hydrogens is 284 g/mol. The lowest BCUT2D eigenvalue weighted by atomic mass is 10.2. The smallest absolute Gasteiger partial charge is 0.251 e. The van der Waals surface area contributed by atoms with Crippen molar-refractivity contribution < 1.29 is 19.4 Å². The number of rotatable bonds is 7. The highest BCUT2D eigenvalue weighted by Gasteiger charge is 2.27. The molecule has 0 saturated carbocycles. The van der Waals surface area contributed by atoms with Crippen molar-refractivity contribution in [2.45, 2.75) is 51.4 Å². The van der Waals surface area contributed by atoms with Crippen LogP contribution in [0.25, 0.3) is 0 Å². The van der Waals surface area contributed by atoms with Crippen molar-refractivity contribution in [2.24, 2.45) is 0 Å². The molecule has 0 radical (unpaired) electrons. The second kappa shape index (κ2) is 8.82. The van der Waals surface area contributed by atoms with E-state index in [2.05, 4.69) is 4.90 Å². The summed E-state index contributed by atoms with van der Waals surface area (Å²) in [4.78, 5) is 16.5. The van der Waals surface area contributed by atoms with Gasteiger partial charge in [0.15, 0.2) is 0 Å². The summed E-state index contributed by atoms with van der Waals surface area (Å²) in [5, 5.41) is 9.69. The maximum atomic E-state index is 12.4. The van der Waals surface area contributed by atoms with E-state index in [1.165, 1.54) is 0 Å². The number of carbonyl (C=O) groups excluding carboxylic acids is 1. The van der Waals surface area contributed by atoms with E-state index in [0.717, 1.165) is 39.0 Å². The van der Waals surface area contributed by atoms with Crippen molar-refractivity contribution in [2.75, 3.05) is 45.9 Å². The molecule has 2 rings (SSSR count). The van der Waals surface area contributed by atoms with E-state index in [1.54, 1.807) is 0 Å². The molecule has 2 fully saturated rings. The lowest BCUT2D eigenvalue weighted by molar-refractivity contribution is -0.146. The van der Waals surface area contributed by atoms with Gasteiger partial charge in [-0.2, -0.15) is 0 Å². The number of ether oxygens (including phenoxy) is 2. The van der Waals surface area contributed by atoms with Gasteiger partial charge in [0, 0.05) is 39.3 Å². The molecule has 3 unspecified atom stereocenters. The van der Waals surface area contributed by atoms with E-state index < -0.39 is 6.10 Å². The first-order chi connectivity index (χ1) is 10.6. The molecule has 0 bridgehead atoms. The number of carbonyl (C=O) groups is 1. The van der Waals surface area contributed by atoms with Gasteiger partial charge in [0.25, 0.3) is 5.91 Å². The Morgan fingerprint density at radius 2 is 2.09 bits per heavy atom. The molecule has 1 N–H and O–H groups in total. The molecule has 0 spiro atoms. The average Bonchev–Trinajstić information content (AvgIpc) is 3.06. The van der Waals surface area contributed by atoms with E-state index in [1.807, 2.05) is 18.7 Å². The molecule has 0 aliphatic carbocycles. The third-order valence-corrected chi connectivity index (χ3v) is 4.53. The molecule has 1 amide bonds. The van der Waals surface area contributed by atoms with E-state index in [-0.39, 0.29) is 18.1 Å². The minimum absolute atomic E-state index is 0.0636. The first kappa shape index (κ1) is 17.7. The molecule has 6 heteroatoms. The summed E-state index contributed by atoms with van der Waals surface area (Å²) in [6, 6.07) is 0. The van der Waals surface area contributed by atoms with Crippen LogP contribution in [0.15, 0.2) is 0 Å². The Balaban J connectivity index is 1.67. The van der Waals surface area contributed by atoms with Gasteiger partial charge in [0.1, 0.15) is 6.10 Å². The lowest BCUT2D eigenvalue weighted by Crippen LogP contribution is -2.52. The number of aliphatic hydroxyl groups excluding tert-OH is 1. The second-order valence-electron chi connectivity index (χ2n) is 6.30. The molecular formula is C16H30N2O4. The molecule has 0 aromatic rings. The van der Waals surface area contributed by atoms with Crippen LogP contribution in [0.1, 0.15) is 33.1 Å².